The van der Waals surface area contributed by atoms with Crippen molar-refractivity contribution in [3.8, 4) is 0 Å². The molecule has 2 unspecified atom stereocenters. The largest absolute Gasteiger partial charge is 0.299 e. The molecule has 0 radical (unpaired) electrons. The monoisotopic (exact) mass is 292 g/mol. The standard InChI is InChI=1S/C20H36O/c1-17(2)9-6-10-18(3)11-7-12-19(4)13-8-14-20(5)15-16-21/h8,14-19H,6-7,9-13H2,1-5H3. The van der Waals surface area contributed by atoms with Gasteiger partial charge in [0.1, 0.15) is 6.29 Å². The maximum Gasteiger partial charge on any atom is 0.143 e. The summed E-state index contributed by atoms with van der Waals surface area (Å²) in [6, 6.07) is 0. The number of hydrogen-bond acceptors (Lipinski definition) is 1. The van der Waals surface area contributed by atoms with E-state index in [0.717, 1.165) is 36.0 Å². The van der Waals surface area contributed by atoms with E-state index in [1.165, 1.54) is 38.5 Å². The lowest BCUT2D eigenvalue weighted by Gasteiger charge is -2.14. The van der Waals surface area contributed by atoms with Gasteiger partial charge in [0.2, 0.25) is 0 Å². The highest BCUT2D eigenvalue weighted by molar-refractivity contribution is 5.66. The third-order valence-electron chi connectivity index (χ3n) is 4.12. The van der Waals surface area contributed by atoms with E-state index in [9.17, 15) is 4.79 Å². The number of carbonyl (C=O) groups is 1. The van der Waals surface area contributed by atoms with Crippen LogP contribution in [-0.2, 0) is 4.79 Å². The summed E-state index contributed by atoms with van der Waals surface area (Å²) in [7, 11) is 0. The molecule has 0 bridgehead atoms. The molecule has 1 heteroatoms. The van der Waals surface area contributed by atoms with Crippen LogP contribution < -0.4 is 0 Å². The Labute approximate surface area is 132 Å². The first-order valence-electron chi connectivity index (χ1n) is 8.74. The van der Waals surface area contributed by atoms with Gasteiger partial charge in [-0.2, -0.15) is 0 Å². The molecule has 122 valence electrons. The van der Waals surface area contributed by atoms with Crippen LogP contribution in [0.25, 0.3) is 0 Å². The molecule has 0 fully saturated rings. The molecule has 2 atom stereocenters. The quantitative estimate of drug-likeness (QED) is 0.233. The zero-order valence-corrected chi connectivity index (χ0v) is 14.9. The molecule has 21 heavy (non-hydrogen) atoms. The summed E-state index contributed by atoms with van der Waals surface area (Å²) in [4.78, 5) is 10.3. The molecule has 0 saturated carbocycles. The number of aldehydes is 1. The van der Waals surface area contributed by atoms with Crippen LogP contribution in [0.1, 0.15) is 79.6 Å². The van der Waals surface area contributed by atoms with E-state index in [4.69, 9.17) is 0 Å². The molecule has 0 rings (SSSR count). The van der Waals surface area contributed by atoms with Gasteiger partial charge >= 0.3 is 0 Å². The zero-order chi connectivity index (χ0) is 16.1. The molecular weight excluding hydrogens is 256 g/mol. The first kappa shape index (κ1) is 20.1. The summed E-state index contributed by atoms with van der Waals surface area (Å²) in [6.45, 7) is 11.3. The van der Waals surface area contributed by atoms with Crippen LogP contribution in [0, 0.1) is 17.8 Å². The lowest BCUT2D eigenvalue weighted by molar-refractivity contribution is -0.104. The smallest absolute Gasteiger partial charge is 0.143 e. The van der Waals surface area contributed by atoms with Gasteiger partial charge in [0.05, 0.1) is 0 Å². The van der Waals surface area contributed by atoms with Crippen molar-refractivity contribution in [3.05, 3.63) is 23.8 Å². The van der Waals surface area contributed by atoms with Gasteiger partial charge < -0.3 is 0 Å². The Morgan fingerprint density at radius 3 is 2.05 bits per heavy atom. The van der Waals surface area contributed by atoms with Crippen molar-refractivity contribution in [2.45, 2.75) is 79.6 Å². The Kier molecular flexibility index (Phi) is 12.3. The fourth-order valence-corrected chi connectivity index (χ4v) is 2.60. The van der Waals surface area contributed by atoms with E-state index in [2.05, 4.69) is 39.8 Å². The lowest BCUT2D eigenvalue weighted by atomic mass is 9.92. The Hall–Kier alpha value is -0.850. The predicted molar refractivity (Wildman–Crippen MR) is 94.4 cm³/mol. The van der Waals surface area contributed by atoms with Crippen molar-refractivity contribution < 1.29 is 4.79 Å². The van der Waals surface area contributed by atoms with E-state index in [0.29, 0.717) is 0 Å². The van der Waals surface area contributed by atoms with E-state index in [1.54, 1.807) is 6.08 Å². The van der Waals surface area contributed by atoms with Crippen LogP contribution >= 0.6 is 0 Å². The normalized spacial score (nSPS) is 15.6. The van der Waals surface area contributed by atoms with E-state index >= 15 is 0 Å². The summed E-state index contributed by atoms with van der Waals surface area (Å²) >= 11 is 0. The molecule has 0 spiro atoms. The third kappa shape index (κ3) is 13.9. The van der Waals surface area contributed by atoms with Crippen molar-refractivity contribution in [2.24, 2.45) is 17.8 Å². The highest BCUT2D eigenvalue weighted by Crippen LogP contribution is 2.20. The average Bonchev–Trinajstić information content (AvgIpc) is 2.38. The summed E-state index contributed by atoms with van der Waals surface area (Å²) in [6.07, 6.45) is 16.0. The number of rotatable bonds is 12. The van der Waals surface area contributed by atoms with Crippen LogP contribution in [0.2, 0.25) is 0 Å². The highest BCUT2D eigenvalue weighted by Gasteiger charge is 2.05. The molecule has 0 aliphatic heterocycles. The number of carbonyl (C=O) groups excluding carboxylic acids is 1. The van der Waals surface area contributed by atoms with E-state index in [-0.39, 0.29) is 0 Å². The minimum absolute atomic E-state index is 0.744. The Morgan fingerprint density at radius 2 is 1.48 bits per heavy atom. The van der Waals surface area contributed by atoms with Crippen LogP contribution in [0.3, 0.4) is 0 Å². The summed E-state index contributed by atoms with van der Waals surface area (Å²) < 4.78 is 0. The van der Waals surface area contributed by atoms with Gasteiger partial charge in [0, 0.05) is 0 Å². The third-order valence-corrected chi connectivity index (χ3v) is 4.12. The van der Waals surface area contributed by atoms with Crippen LogP contribution in [-0.4, -0.2) is 6.29 Å². The molecule has 0 heterocycles. The second-order valence-electron chi connectivity index (χ2n) is 7.15. The fraction of sp³-hybridized carbons (Fsp3) is 0.750. The van der Waals surface area contributed by atoms with Crippen LogP contribution in [0.5, 0.6) is 0 Å². The molecule has 0 aromatic rings. The molecule has 0 aromatic heterocycles. The van der Waals surface area contributed by atoms with Gasteiger partial charge in [0.15, 0.2) is 0 Å². The Balaban J connectivity index is 3.67. The van der Waals surface area contributed by atoms with Crippen LogP contribution in [0.15, 0.2) is 23.8 Å². The molecule has 0 aliphatic rings. The maximum atomic E-state index is 10.3. The Bertz CT molecular complexity index is 312. The Morgan fingerprint density at radius 1 is 0.905 bits per heavy atom. The first-order valence-corrected chi connectivity index (χ1v) is 8.74. The highest BCUT2D eigenvalue weighted by atomic mass is 16.1. The maximum absolute atomic E-state index is 10.3. The molecule has 0 aliphatic carbocycles. The minimum Gasteiger partial charge on any atom is -0.299 e. The van der Waals surface area contributed by atoms with Gasteiger partial charge in [0.25, 0.3) is 0 Å². The molecule has 0 aromatic carbocycles. The topological polar surface area (TPSA) is 17.1 Å². The van der Waals surface area contributed by atoms with Crippen molar-refractivity contribution in [2.75, 3.05) is 0 Å². The van der Waals surface area contributed by atoms with Crippen LogP contribution in [0.4, 0.5) is 0 Å². The van der Waals surface area contributed by atoms with Crippen molar-refractivity contribution >= 4 is 6.29 Å². The summed E-state index contributed by atoms with van der Waals surface area (Å²) in [5.41, 5.74) is 1.04. The predicted octanol–water partition coefficient (Wildman–Crippen LogP) is 6.35. The molecule has 0 amide bonds. The van der Waals surface area contributed by atoms with Crippen molar-refractivity contribution in [1.29, 1.82) is 0 Å². The van der Waals surface area contributed by atoms with Gasteiger partial charge in [-0.05, 0) is 42.7 Å². The average molecular weight is 293 g/mol. The van der Waals surface area contributed by atoms with Gasteiger partial charge in [-0.1, -0.05) is 78.4 Å². The number of hydrogen-bond donors (Lipinski definition) is 0. The molecular formula is C20H36O. The van der Waals surface area contributed by atoms with Crippen molar-refractivity contribution in [1.82, 2.24) is 0 Å². The van der Waals surface area contributed by atoms with E-state index < -0.39 is 0 Å². The molecule has 0 saturated heterocycles. The van der Waals surface area contributed by atoms with Gasteiger partial charge in [-0.15, -0.1) is 0 Å². The molecule has 1 nitrogen and oxygen atoms in total. The first-order chi connectivity index (χ1) is 9.95. The van der Waals surface area contributed by atoms with Gasteiger partial charge in [-0.25, -0.2) is 0 Å². The lowest BCUT2D eigenvalue weighted by Crippen LogP contribution is -1.99. The fourth-order valence-electron chi connectivity index (χ4n) is 2.60. The summed E-state index contributed by atoms with van der Waals surface area (Å²) in [5, 5.41) is 0. The SMILES string of the molecule is CC(C=CCC(C)CCCC(C)CCCC(C)C)=CC=O. The summed E-state index contributed by atoms with van der Waals surface area (Å²) in [5.74, 6) is 2.47. The van der Waals surface area contributed by atoms with Gasteiger partial charge in [-0.3, -0.25) is 4.79 Å². The second kappa shape index (κ2) is 12.9. The van der Waals surface area contributed by atoms with Crippen molar-refractivity contribution in [3.63, 3.8) is 0 Å². The minimum atomic E-state index is 0.744. The van der Waals surface area contributed by atoms with E-state index in [1.807, 2.05) is 6.92 Å². The second-order valence-corrected chi connectivity index (χ2v) is 7.15. The zero-order valence-electron chi connectivity index (χ0n) is 14.9. The molecule has 0 N–H and O–H groups in total. The number of allylic oxidation sites excluding steroid dienone is 4.